The molecule has 6 heteroatoms. The SMILES string of the molecule is CC(NC(=O)c1c(F)cccc1Cl)c1ccc2c(c1)OCO2. The number of hydrogen-bond acceptors (Lipinski definition) is 3. The summed E-state index contributed by atoms with van der Waals surface area (Å²) < 4.78 is 24.3. The van der Waals surface area contributed by atoms with Crippen LogP contribution < -0.4 is 14.8 Å². The van der Waals surface area contributed by atoms with Crippen LogP contribution in [-0.2, 0) is 0 Å². The van der Waals surface area contributed by atoms with Crippen LogP contribution in [0, 0.1) is 5.82 Å². The van der Waals surface area contributed by atoms with Crippen LogP contribution in [0.2, 0.25) is 5.02 Å². The summed E-state index contributed by atoms with van der Waals surface area (Å²) >= 11 is 5.89. The number of nitrogens with one attached hydrogen (secondary N) is 1. The molecule has 0 spiro atoms. The van der Waals surface area contributed by atoms with Crippen molar-refractivity contribution in [3.63, 3.8) is 0 Å². The molecule has 2 aromatic carbocycles. The highest BCUT2D eigenvalue weighted by Gasteiger charge is 2.20. The van der Waals surface area contributed by atoms with Gasteiger partial charge in [-0.1, -0.05) is 23.7 Å². The van der Waals surface area contributed by atoms with E-state index in [-0.39, 0.29) is 23.4 Å². The summed E-state index contributed by atoms with van der Waals surface area (Å²) in [5.74, 6) is 0.0816. The van der Waals surface area contributed by atoms with Crippen molar-refractivity contribution in [2.45, 2.75) is 13.0 Å². The molecule has 2 aromatic rings. The number of amides is 1. The standard InChI is InChI=1S/C16H13ClFNO3/c1-9(10-5-6-13-14(7-10)22-8-21-13)19-16(20)15-11(17)3-2-4-12(15)18/h2-7,9H,8H2,1H3,(H,19,20). The lowest BCUT2D eigenvalue weighted by Gasteiger charge is -2.15. The number of carbonyl (C=O) groups excluding carboxylic acids is 1. The van der Waals surface area contributed by atoms with Crippen LogP contribution in [0.1, 0.15) is 28.9 Å². The van der Waals surface area contributed by atoms with Gasteiger partial charge in [0.25, 0.3) is 5.91 Å². The Bertz CT molecular complexity index is 715. The summed E-state index contributed by atoms with van der Waals surface area (Å²) in [6.07, 6.45) is 0. The Morgan fingerprint density at radius 2 is 2.05 bits per heavy atom. The molecular formula is C16H13ClFNO3. The third-order valence-corrected chi connectivity index (χ3v) is 3.75. The van der Waals surface area contributed by atoms with Crippen molar-refractivity contribution < 1.29 is 18.7 Å². The van der Waals surface area contributed by atoms with Crippen LogP contribution in [0.3, 0.4) is 0 Å². The van der Waals surface area contributed by atoms with Gasteiger partial charge < -0.3 is 14.8 Å². The summed E-state index contributed by atoms with van der Waals surface area (Å²) in [7, 11) is 0. The predicted molar refractivity (Wildman–Crippen MR) is 79.9 cm³/mol. The van der Waals surface area contributed by atoms with Crippen LogP contribution >= 0.6 is 11.6 Å². The number of fused-ring (bicyclic) bond motifs is 1. The van der Waals surface area contributed by atoms with Gasteiger partial charge in [-0.15, -0.1) is 0 Å². The van der Waals surface area contributed by atoms with Crippen LogP contribution in [0.5, 0.6) is 11.5 Å². The highest BCUT2D eigenvalue weighted by Crippen LogP contribution is 2.34. The molecule has 1 aliphatic rings. The van der Waals surface area contributed by atoms with Gasteiger partial charge in [-0.3, -0.25) is 4.79 Å². The van der Waals surface area contributed by atoms with E-state index < -0.39 is 11.7 Å². The van der Waals surface area contributed by atoms with Gasteiger partial charge in [-0.05, 0) is 36.8 Å². The maximum atomic E-state index is 13.8. The molecule has 3 rings (SSSR count). The zero-order valence-corrected chi connectivity index (χ0v) is 12.5. The fourth-order valence-electron chi connectivity index (χ4n) is 2.25. The average Bonchev–Trinajstić information content (AvgIpc) is 2.94. The van der Waals surface area contributed by atoms with Crippen LogP contribution in [0.25, 0.3) is 0 Å². The van der Waals surface area contributed by atoms with Gasteiger partial charge in [0.05, 0.1) is 16.6 Å². The molecular weight excluding hydrogens is 309 g/mol. The van der Waals surface area contributed by atoms with Gasteiger partial charge >= 0.3 is 0 Å². The Kier molecular flexibility index (Phi) is 3.90. The quantitative estimate of drug-likeness (QED) is 0.937. The van der Waals surface area contributed by atoms with Gasteiger partial charge in [0.1, 0.15) is 5.82 Å². The number of rotatable bonds is 3. The molecule has 0 bridgehead atoms. The number of ether oxygens (including phenoxy) is 2. The van der Waals surface area contributed by atoms with Crippen LogP contribution in [0.4, 0.5) is 4.39 Å². The second-order valence-electron chi connectivity index (χ2n) is 4.90. The number of carbonyl (C=O) groups is 1. The Balaban J connectivity index is 1.79. The molecule has 114 valence electrons. The van der Waals surface area contributed by atoms with Crippen LogP contribution in [0.15, 0.2) is 36.4 Å². The van der Waals surface area contributed by atoms with E-state index >= 15 is 0 Å². The third-order valence-electron chi connectivity index (χ3n) is 3.43. The first kappa shape index (κ1) is 14.7. The van der Waals surface area contributed by atoms with Gasteiger partial charge in [-0.25, -0.2) is 4.39 Å². The molecule has 0 saturated carbocycles. The van der Waals surface area contributed by atoms with E-state index in [0.717, 1.165) is 5.56 Å². The molecule has 0 fully saturated rings. The first-order chi connectivity index (χ1) is 10.6. The molecule has 1 unspecified atom stereocenters. The fraction of sp³-hybridized carbons (Fsp3) is 0.188. The Labute approximate surface area is 131 Å². The van der Waals surface area contributed by atoms with E-state index in [1.54, 1.807) is 19.1 Å². The van der Waals surface area contributed by atoms with E-state index in [4.69, 9.17) is 21.1 Å². The Morgan fingerprint density at radius 3 is 2.82 bits per heavy atom. The van der Waals surface area contributed by atoms with Crippen molar-refractivity contribution in [2.24, 2.45) is 0 Å². The normalized spacial score (nSPS) is 13.8. The Hall–Kier alpha value is -2.27. The molecule has 1 N–H and O–H groups in total. The molecule has 0 radical (unpaired) electrons. The summed E-state index contributed by atoms with van der Waals surface area (Å²) in [4.78, 5) is 12.2. The van der Waals surface area contributed by atoms with Crippen LogP contribution in [-0.4, -0.2) is 12.7 Å². The minimum absolute atomic E-state index is 0.0791. The van der Waals surface area contributed by atoms with E-state index in [9.17, 15) is 9.18 Å². The molecule has 0 saturated heterocycles. The van der Waals surface area contributed by atoms with Gasteiger partial charge in [0.15, 0.2) is 11.5 Å². The topological polar surface area (TPSA) is 47.6 Å². The van der Waals surface area contributed by atoms with E-state index in [2.05, 4.69) is 5.32 Å². The second-order valence-corrected chi connectivity index (χ2v) is 5.31. The number of benzene rings is 2. The molecule has 1 atom stereocenters. The minimum Gasteiger partial charge on any atom is -0.454 e. The van der Waals surface area contributed by atoms with Gasteiger partial charge in [0, 0.05) is 0 Å². The molecule has 4 nitrogen and oxygen atoms in total. The smallest absolute Gasteiger partial charge is 0.256 e. The van der Waals surface area contributed by atoms with Crippen molar-refractivity contribution >= 4 is 17.5 Å². The lowest BCUT2D eigenvalue weighted by molar-refractivity contribution is 0.0936. The molecule has 1 amide bonds. The van der Waals surface area contributed by atoms with Crippen molar-refractivity contribution in [1.29, 1.82) is 0 Å². The van der Waals surface area contributed by atoms with Gasteiger partial charge in [0.2, 0.25) is 6.79 Å². The maximum absolute atomic E-state index is 13.8. The van der Waals surface area contributed by atoms with E-state index in [0.29, 0.717) is 11.5 Å². The number of hydrogen-bond donors (Lipinski definition) is 1. The molecule has 22 heavy (non-hydrogen) atoms. The fourth-order valence-corrected chi connectivity index (χ4v) is 2.50. The number of halogens is 2. The predicted octanol–water partition coefficient (Wildman–Crippen LogP) is 3.70. The van der Waals surface area contributed by atoms with Crippen molar-refractivity contribution in [3.05, 3.63) is 58.4 Å². The Morgan fingerprint density at radius 1 is 1.27 bits per heavy atom. The van der Waals surface area contributed by atoms with E-state index in [1.807, 2.05) is 6.07 Å². The average molecular weight is 322 g/mol. The second kappa shape index (κ2) is 5.85. The highest BCUT2D eigenvalue weighted by atomic mass is 35.5. The summed E-state index contributed by atoms with van der Waals surface area (Å²) in [5, 5.41) is 2.80. The maximum Gasteiger partial charge on any atom is 0.256 e. The zero-order chi connectivity index (χ0) is 15.7. The highest BCUT2D eigenvalue weighted by molar-refractivity contribution is 6.33. The third kappa shape index (κ3) is 2.72. The van der Waals surface area contributed by atoms with E-state index in [1.165, 1.54) is 18.2 Å². The lowest BCUT2D eigenvalue weighted by Crippen LogP contribution is -2.27. The molecule has 1 aliphatic heterocycles. The van der Waals surface area contributed by atoms with Crippen molar-refractivity contribution in [1.82, 2.24) is 5.32 Å². The van der Waals surface area contributed by atoms with Gasteiger partial charge in [-0.2, -0.15) is 0 Å². The zero-order valence-electron chi connectivity index (χ0n) is 11.7. The summed E-state index contributed by atoms with van der Waals surface area (Å²) in [6, 6.07) is 9.18. The van der Waals surface area contributed by atoms with Crippen molar-refractivity contribution in [2.75, 3.05) is 6.79 Å². The first-order valence-electron chi connectivity index (χ1n) is 6.70. The summed E-state index contributed by atoms with van der Waals surface area (Å²) in [6.45, 7) is 1.98. The van der Waals surface area contributed by atoms with Crippen molar-refractivity contribution in [3.8, 4) is 11.5 Å². The first-order valence-corrected chi connectivity index (χ1v) is 7.08. The molecule has 0 aliphatic carbocycles. The molecule has 1 heterocycles. The minimum atomic E-state index is -0.650. The largest absolute Gasteiger partial charge is 0.454 e. The monoisotopic (exact) mass is 321 g/mol. The lowest BCUT2D eigenvalue weighted by atomic mass is 10.1. The summed E-state index contributed by atoms with van der Waals surface area (Å²) in [5.41, 5.74) is 0.668. The molecule has 0 aromatic heterocycles.